The van der Waals surface area contributed by atoms with Crippen LogP contribution in [0.15, 0.2) is 18.3 Å². The highest BCUT2D eigenvalue weighted by molar-refractivity contribution is 5.24. The van der Waals surface area contributed by atoms with Gasteiger partial charge in [-0.1, -0.05) is 26.2 Å². The molecule has 2 rings (SSSR count). The van der Waals surface area contributed by atoms with E-state index in [1.54, 1.807) is 6.20 Å². The maximum absolute atomic E-state index is 8.81. The van der Waals surface area contributed by atoms with Crippen LogP contribution in [-0.2, 0) is 11.3 Å². The largest absolute Gasteiger partial charge is 0.373 e. The number of pyridine rings is 1. The lowest BCUT2D eigenvalue weighted by Gasteiger charge is -2.30. The van der Waals surface area contributed by atoms with Gasteiger partial charge in [-0.15, -0.1) is 0 Å². The van der Waals surface area contributed by atoms with Crippen LogP contribution >= 0.6 is 0 Å². The molecule has 0 bridgehead atoms. The predicted molar refractivity (Wildman–Crippen MR) is 69.8 cm³/mol. The lowest BCUT2D eigenvalue weighted by molar-refractivity contribution is -0.0222. The van der Waals surface area contributed by atoms with Gasteiger partial charge in [-0.25, -0.2) is 4.98 Å². The van der Waals surface area contributed by atoms with E-state index < -0.39 is 0 Å². The summed E-state index contributed by atoms with van der Waals surface area (Å²) in [5, 5.41) is 8.81. The van der Waals surface area contributed by atoms with Crippen LogP contribution in [0.5, 0.6) is 0 Å². The number of hydrogen-bond donors (Lipinski definition) is 0. The molecular formula is C15H20N2O. The van der Waals surface area contributed by atoms with Crippen LogP contribution in [-0.4, -0.2) is 11.1 Å². The van der Waals surface area contributed by atoms with Crippen molar-refractivity contribution in [1.82, 2.24) is 4.98 Å². The van der Waals surface area contributed by atoms with E-state index in [9.17, 15) is 0 Å². The van der Waals surface area contributed by atoms with Crippen molar-refractivity contribution >= 4 is 0 Å². The first-order valence-corrected chi connectivity index (χ1v) is 6.80. The van der Waals surface area contributed by atoms with Crippen molar-refractivity contribution < 1.29 is 4.74 Å². The average molecular weight is 244 g/mol. The van der Waals surface area contributed by atoms with Crippen molar-refractivity contribution in [2.45, 2.75) is 51.7 Å². The number of ether oxygens (including phenoxy) is 1. The Kier molecular flexibility index (Phi) is 4.72. The molecule has 96 valence electrons. The second-order valence-corrected chi connectivity index (χ2v) is 4.96. The average Bonchev–Trinajstić information content (AvgIpc) is 2.45. The van der Waals surface area contributed by atoms with Gasteiger partial charge in [0.15, 0.2) is 0 Å². The number of aromatic nitrogens is 1. The topological polar surface area (TPSA) is 45.9 Å². The van der Waals surface area contributed by atoms with Gasteiger partial charge in [-0.3, -0.25) is 0 Å². The van der Waals surface area contributed by atoms with Gasteiger partial charge in [-0.2, -0.15) is 5.26 Å². The molecule has 1 aromatic rings. The van der Waals surface area contributed by atoms with Crippen LogP contribution in [0.3, 0.4) is 0 Å². The fraction of sp³-hybridized carbons (Fsp3) is 0.600. The van der Waals surface area contributed by atoms with Crippen molar-refractivity contribution in [2.24, 2.45) is 5.92 Å². The lowest BCUT2D eigenvalue weighted by atomic mass is 9.85. The summed E-state index contributed by atoms with van der Waals surface area (Å²) in [7, 11) is 0. The lowest BCUT2D eigenvalue weighted by Crippen LogP contribution is -2.27. The van der Waals surface area contributed by atoms with Gasteiger partial charge < -0.3 is 4.74 Å². The van der Waals surface area contributed by atoms with Gasteiger partial charge in [0.05, 0.1) is 12.7 Å². The first kappa shape index (κ1) is 13.0. The van der Waals surface area contributed by atoms with E-state index in [1.807, 2.05) is 12.1 Å². The third kappa shape index (κ3) is 3.30. The van der Waals surface area contributed by atoms with Crippen LogP contribution < -0.4 is 0 Å². The minimum Gasteiger partial charge on any atom is -0.373 e. The van der Waals surface area contributed by atoms with E-state index in [0.717, 1.165) is 5.56 Å². The molecule has 1 aliphatic carbocycles. The molecule has 1 fully saturated rings. The zero-order chi connectivity index (χ0) is 12.8. The number of hydrogen-bond acceptors (Lipinski definition) is 3. The van der Waals surface area contributed by atoms with Gasteiger partial charge in [0, 0.05) is 6.20 Å². The monoisotopic (exact) mass is 244 g/mol. The first-order valence-electron chi connectivity index (χ1n) is 6.80. The van der Waals surface area contributed by atoms with Gasteiger partial charge >= 0.3 is 0 Å². The molecule has 1 aromatic heterocycles. The zero-order valence-electron chi connectivity index (χ0n) is 10.9. The van der Waals surface area contributed by atoms with Gasteiger partial charge in [-0.05, 0) is 36.5 Å². The zero-order valence-corrected chi connectivity index (χ0v) is 10.9. The normalized spacial score (nSPS) is 23.6. The summed E-state index contributed by atoms with van der Waals surface area (Å²) in [6.45, 7) is 2.84. The summed E-state index contributed by atoms with van der Waals surface area (Å²) < 4.78 is 6.03. The minimum absolute atomic E-state index is 0.391. The Balaban J connectivity index is 1.91. The molecule has 0 spiro atoms. The smallest absolute Gasteiger partial charge is 0.140 e. The maximum atomic E-state index is 8.81. The molecule has 0 radical (unpaired) electrons. The molecule has 18 heavy (non-hydrogen) atoms. The molecule has 0 saturated heterocycles. The molecule has 0 N–H and O–H groups in total. The Morgan fingerprint density at radius 1 is 1.44 bits per heavy atom. The highest BCUT2D eigenvalue weighted by Gasteiger charge is 2.24. The van der Waals surface area contributed by atoms with Crippen molar-refractivity contribution in [3.05, 3.63) is 29.6 Å². The molecule has 0 amide bonds. The molecule has 0 aromatic carbocycles. The number of rotatable bonds is 4. The molecule has 3 heteroatoms. The van der Waals surface area contributed by atoms with E-state index in [1.165, 1.54) is 32.1 Å². The highest BCUT2D eigenvalue weighted by Crippen LogP contribution is 2.29. The quantitative estimate of drug-likeness (QED) is 0.815. The summed E-state index contributed by atoms with van der Waals surface area (Å²) in [5.41, 5.74) is 1.51. The Labute approximate surface area is 109 Å². The van der Waals surface area contributed by atoms with Crippen LogP contribution in [0, 0.1) is 17.2 Å². The fourth-order valence-electron chi connectivity index (χ4n) is 2.69. The Hall–Kier alpha value is -1.40. The summed E-state index contributed by atoms with van der Waals surface area (Å²) in [6, 6.07) is 5.79. The van der Waals surface area contributed by atoms with Crippen molar-refractivity contribution in [3.8, 4) is 6.07 Å². The van der Waals surface area contributed by atoms with E-state index >= 15 is 0 Å². The predicted octanol–water partition coefficient (Wildman–Crippen LogP) is 3.44. The third-order valence-corrected chi connectivity index (χ3v) is 3.77. The number of nitrogens with zero attached hydrogens (tertiary/aromatic N) is 2. The molecule has 3 nitrogen and oxygen atoms in total. The second-order valence-electron chi connectivity index (χ2n) is 4.96. The maximum Gasteiger partial charge on any atom is 0.140 e. The van der Waals surface area contributed by atoms with Gasteiger partial charge in [0.1, 0.15) is 11.8 Å². The number of nitriles is 1. The standard InChI is InChI=1S/C15H20N2O/c1-2-13-5-3-4-6-15(13)18-11-12-7-8-17-14(9-12)10-16/h7-9,13,15H,2-6,11H2,1H3. The Morgan fingerprint density at radius 3 is 3.06 bits per heavy atom. The SMILES string of the molecule is CCC1CCCCC1OCc1ccnc(C#N)c1. The van der Waals surface area contributed by atoms with Crippen molar-refractivity contribution in [3.63, 3.8) is 0 Å². The highest BCUT2D eigenvalue weighted by atomic mass is 16.5. The minimum atomic E-state index is 0.391. The molecule has 2 unspecified atom stereocenters. The Morgan fingerprint density at radius 2 is 2.28 bits per heavy atom. The van der Waals surface area contributed by atoms with Crippen molar-refractivity contribution in [1.29, 1.82) is 5.26 Å². The van der Waals surface area contributed by atoms with Crippen LogP contribution in [0.4, 0.5) is 0 Å². The van der Waals surface area contributed by atoms with E-state index in [0.29, 0.717) is 24.3 Å². The molecule has 0 aliphatic heterocycles. The molecular weight excluding hydrogens is 224 g/mol. The summed E-state index contributed by atoms with van der Waals surface area (Å²) in [6.07, 6.45) is 8.35. The van der Waals surface area contributed by atoms with E-state index in [2.05, 4.69) is 18.0 Å². The summed E-state index contributed by atoms with van der Waals surface area (Å²) >= 11 is 0. The van der Waals surface area contributed by atoms with Gasteiger partial charge in [0.2, 0.25) is 0 Å². The summed E-state index contributed by atoms with van der Waals surface area (Å²) in [5.74, 6) is 0.705. The summed E-state index contributed by atoms with van der Waals surface area (Å²) in [4.78, 5) is 3.97. The van der Waals surface area contributed by atoms with Crippen LogP contribution in [0.25, 0.3) is 0 Å². The van der Waals surface area contributed by atoms with E-state index in [4.69, 9.17) is 10.00 Å². The molecule has 1 heterocycles. The van der Waals surface area contributed by atoms with Crippen LogP contribution in [0.2, 0.25) is 0 Å². The second kappa shape index (κ2) is 6.51. The Bertz CT molecular complexity index is 425. The van der Waals surface area contributed by atoms with Crippen LogP contribution in [0.1, 0.15) is 50.3 Å². The van der Waals surface area contributed by atoms with E-state index in [-0.39, 0.29) is 0 Å². The first-order chi connectivity index (χ1) is 8.83. The molecule has 1 saturated carbocycles. The van der Waals surface area contributed by atoms with Gasteiger partial charge in [0.25, 0.3) is 0 Å². The molecule has 2 atom stereocenters. The van der Waals surface area contributed by atoms with Crippen molar-refractivity contribution in [2.75, 3.05) is 0 Å². The fourth-order valence-corrected chi connectivity index (χ4v) is 2.69. The molecule has 1 aliphatic rings. The third-order valence-electron chi connectivity index (χ3n) is 3.77.